The van der Waals surface area contributed by atoms with Gasteiger partial charge in [-0.05, 0) is 58.7 Å². The third kappa shape index (κ3) is 8.09. The molecular formula is C23H40N4O3. The second-order valence-electron chi connectivity index (χ2n) is 8.60. The smallest absolute Gasteiger partial charge is 0.245 e. The van der Waals surface area contributed by atoms with Gasteiger partial charge in [0.1, 0.15) is 12.3 Å². The number of rotatable bonds is 13. The van der Waals surface area contributed by atoms with Crippen molar-refractivity contribution in [1.29, 1.82) is 0 Å². The summed E-state index contributed by atoms with van der Waals surface area (Å²) in [5.74, 6) is 1.56. The highest BCUT2D eigenvalue weighted by Crippen LogP contribution is 2.29. The van der Waals surface area contributed by atoms with E-state index in [4.69, 9.17) is 4.52 Å². The monoisotopic (exact) mass is 420 g/mol. The third-order valence-electron chi connectivity index (χ3n) is 6.29. The number of nitrogens with one attached hydrogen (secondary N) is 1. The average Bonchev–Trinajstić information content (AvgIpc) is 3.39. The zero-order chi connectivity index (χ0) is 21.9. The summed E-state index contributed by atoms with van der Waals surface area (Å²) in [5, 5.41) is 6.56. The van der Waals surface area contributed by atoms with E-state index in [0.29, 0.717) is 23.9 Å². The van der Waals surface area contributed by atoms with Crippen molar-refractivity contribution in [2.24, 2.45) is 5.92 Å². The van der Waals surface area contributed by atoms with Crippen LogP contribution in [0.15, 0.2) is 10.6 Å². The minimum absolute atomic E-state index is 0.0291. The normalized spacial score (nSPS) is 15.5. The molecule has 1 saturated carbocycles. The molecule has 0 aliphatic heterocycles. The fourth-order valence-corrected chi connectivity index (χ4v) is 4.33. The lowest BCUT2D eigenvalue weighted by atomic mass is 10.0. The summed E-state index contributed by atoms with van der Waals surface area (Å²) in [6.45, 7) is 11.3. The number of anilines is 1. The van der Waals surface area contributed by atoms with Crippen molar-refractivity contribution in [1.82, 2.24) is 15.0 Å². The lowest BCUT2D eigenvalue weighted by molar-refractivity contribution is -0.137. The maximum absolute atomic E-state index is 13.0. The van der Waals surface area contributed by atoms with Crippen LogP contribution in [-0.2, 0) is 9.59 Å². The van der Waals surface area contributed by atoms with Crippen LogP contribution in [0, 0.1) is 12.8 Å². The zero-order valence-electron chi connectivity index (χ0n) is 19.3. The van der Waals surface area contributed by atoms with Gasteiger partial charge in [0.2, 0.25) is 11.8 Å². The van der Waals surface area contributed by atoms with Gasteiger partial charge in [0.25, 0.3) is 0 Å². The number of hydrogen-bond acceptors (Lipinski definition) is 5. The predicted octanol–water partition coefficient (Wildman–Crippen LogP) is 4.23. The summed E-state index contributed by atoms with van der Waals surface area (Å²) < 4.78 is 5.01. The van der Waals surface area contributed by atoms with E-state index in [1.54, 1.807) is 17.9 Å². The van der Waals surface area contributed by atoms with Crippen LogP contribution < -0.4 is 5.32 Å². The fourth-order valence-electron chi connectivity index (χ4n) is 4.33. The fraction of sp³-hybridized carbons (Fsp3) is 0.783. The van der Waals surface area contributed by atoms with E-state index < -0.39 is 0 Å². The van der Waals surface area contributed by atoms with E-state index in [1.165, 1.54) is 25.7 Å². The number of aryl methyl sites for hydroxylation is 1. The minimum atomic E-state index is -0.229. The molecule has 0 bridgehead atoms. The summed E-state index contributed by atoms with van der Waals surface area (Å²) in [4.78, 5) is 29.8. The Morgan fingerprint density at radius 2 is 1.97 bits per heavy atom. The van der Waals surface area contributed by atoms with E-state index in [1.807, 2.05) is 0 Å². The molecule has 1 aromatic heterocycles. The second kappa shape index (κ2) is 12.7. The van der Waals surface area contributed by atoms with Gasteiger partial charge in [-0.1, -0.05) is 44.7 Å². The molecule has 1 fully saturated rings. The van der Waals surface area contributed by atoms with E-state index >= 15 is 0 Å². The second-order valence-corrected chi connectivity index (χ2v) is 8.60. The lowest BCUT2D eigenvalue weighted by Gasteiger charge is -2.30. The van der Waals surface area contributed by atoms with Crippen molar-refractivity contribution in [3.8, 4) is 0 Å². The number of carbonyl (C=O) groups is 2. The van der Waals surface area contributed by atoms with Crippen molar-refractivity contribution >= 4 is 17.6 Å². The summed E-state index contributed by atoms with van der Waals surface area (Å²) in [6, 6.07) is 1.71. The molecule has 0 unspecified atom stereocenters. The SMILES string of the molecule is CCN(CC)CCC[C@H](C)N(CC(=O)Nc1cc(C)on1)C(=O)CCC1CCCC1. The molecule has 0 saturated heterocycles. The van der Waals surface area contributed by atoms with Crippen molar-refractivity contribution in [3.05, 3.63) is 11.8 Å². The van der Waals surface area contributed by atoms with Gasteiger partial charge in [-0.25, -0.2) is 0 Å². The van der Waals surface area contributed by atoms with Gasteiger partial charge in [0, 0.05) is 18.5 Å². The van der Waals surface area contributed by atoms with Gasteiger partial charge in [-0.3, -0.25) is 9.59 Å². The molecule has 1 atom stereocenters. The minimum Gasteiger partial charge on any atom is -0.360 e. The number of aromatic nitrogens is 1. The van der Waals surface area contributed by atoms with E-state index in [-0.39, 0.29) is 24.4 Å². The molecule has 0 aromatic carbocycles. The standard InChI is InChI=1S/C23H40N4O3/c1-5-26(6-2)15-9-10-18(3)27(23(29)14-13-20-11-7-8-12-20)17-22(28)24-21-16-19(4)30-25-21/h16,18,20H,5-15,17H2,1-4H3,(H,24,25,28)/t18-/m0/s1. The Kier molecular flexibility index (Phi) is 10.3. The molecule has 1 aliphatic rings. The van der Waals surface area contributed by atoms with Gasteiger partial charge in [0.05, 0.1) is 0 Å². The molecule has 7 nitrogen and oxygen atoms in total. The van der Waals surface area contributed by atoms with Gasteiger partial charge < -0.3 is 19.6 Å². The summed E-state index contributed by atoms with van der Waals surface area (Å²) in [7, 11) is 0. The molecule has 1 heterocycles. The van der Waals surface area contributed by atoms with E-state index in [0.717, 1.165) is 38.9 Å². The quantitative estimate of drug-likeness (QED) is 0.517. The highest BCUT2D eigenvalue weighted by Gasteiger charge is 2.25. The maximum Gasteiger partial charge on any atom is 0.245 e. The summed E-state index contributed by atoms with van der Waals surface area (Å²) >= 11 is 0. The Hall–Kier alpha value is -1.89. The van der Waals surface area contributed by atoms with Gasteiger partial charge in [0.15, 0.2) is 5.82 Å². The van der Waals surface area contributed by atoms with Crippen LogP contribution in [-0.4, -0.2) is 59.0 Å². The van der Waals surface area contributed by atoms with Crippen molar-refractivity contribution < 1.29 is 14.1 Å². The van der Waals surface area contributed by atoms with Crippen molar-refractivity contribution in [3.63, 3.8) is 0 Å². The average molecular weight is 421 g/mol. The van der Waals surface area contributed by atoms with Crippen LogP contribution in [0.25, 0.3) is 0 Å². The number of hydrogen-bond donors (Lipinski definition) is 1. The van der Waals surface area contributed by atoms with Crippen molar-refractivity contribution in [2.75, 3.05) is 31.5 Å². The highest BCUT2D eigenvalue weighted by molar-refractivity contribution is 5.93. The first-order valence-electron chi connectivity index (χ1n) is 11.7. The molecule has 0 spiro atoms. The molecule has 2 amide bonds. The number of carbonyl (C=O) groups excluding carboxylic acids is 2. The highest BCUT2D eigenvalue weighted by atomic mass is 16.5. The topological polar surface area (TPSA) is 78.7 Å². The third-order valence-corrected chi connectivity index (χ3v) is 6.29. The predicted molar refractivity (Wildman–Crippen MR) is 119 cm³/mol. The van der Waals surface area contributed by atoms with Crippen LogP contribution in [0.1, 0.15) is 77.9 Å². The first-order valence-corrected chi connectivity index (χ1v) is 11.7. The molecule has 1 aromatic rings. The molecule has 30 heavy (non-hydrogen) atoms. The molecule has 170 valence electrons. The molecular weight excluding hydrogens is 380 g/mol. The van der Waals surface area contributed by atoms with Gasteiger partial charge >= 0.3 is 0 Å². The van der Waals surface area contributed by atoms with Crippen LogP contribution in [0.2, 0.25) is 0 Å². The molecule has 0 radical (unpaired) electrons. The van der Waals surface area contributed by atoms with E-state index in [2.05, 4.69) is 36.1 Å². The van der Waals surface area contributed by atoms with Crippen LogP contribution in [0.3, 0.4) is 0 Å². The summed E-state index contributed by atoms with van der Waals surface area (Å²) in [5.41, 5.74) is 0. The van der Waals surface area contributed by atoms with Crippen molar-refractivity contribution in [2.45, 2.75) is 85.1 Å². The van der Waals surface area contributed by atoms with Crippen LogP contribution in [0.5, 0.6) is 0 Å². The lowest BCUT2D eigenvalue weighted by Crippen LogP contribution is -2.44. The Labute approximate surface area is 181 Å². The van der Waals surface area contributed by atoms with E-state index in [9.17, 15) is 9.59 Å². The molecule has 2 rings (SSSR count). The van der Waals surface area contributed by atoms with Crippen LogP contribution in [0.4, 0.5) is 5.82 Å². The largest absolute Gasteiger partial charge is 0.360 e. The number of nitrogens with zero attached hydrogens (tertiary/aromatic N) is 3. The first kappa shape index (κ1) is 24.4. The summed E-state index contributed by atoms with van der Waals surface area (Å²) in [6.07, 6.45) is 8.40. The Morgan fingerprint density at radius 3 is 2.57 bits per heavy atom. The zero-order valence-corrected chi connectivity index (χ0v) is 19.3. The van der Waals surface area contributed by atoms with Crippen LogP contribution >= 0.6 is 0 Å². The molecule has 1 aliphatic carbocycles. The van der Waals surface area contributed by atoms with Gasteiger partial charge in [-0.2, -0.15) is 0 Å². The Bertz CT molecular complexity index is 651. The molecule has 1 N–H and O–H groups in total. The molecule has 7 heteroatoms. The Balaban J connectivity index is 1.92. The van der Waals surface area contributed by atoms with Gasteiger partial charge in [-0.15, -0.1) is 0 Å². The Morgan fingerprint density at radius 1 is 1.27 bits per heavy atom. The number of amides is 2. The first-order chi connectivity index (χ1) is 14.4. The maximum atomic E-state index is 13.0.